The Morgan fingerprint density at radius 1 is 0.641 bits per heavy atom. The van der Waals surface area contributed by atoms with Gasteiger partial charge in [-0.25, -0.2) is 0 Å². The van der Waals surface area contributed by atoms with Crippen LogP contribution in [0.3, 0.4) is 0 Å². The summed E-state index contributed by atoms with van der Waals surface area (Å²) >= 11 is 12.7. The topological polar surface area (TPSA) is 129 Å². The lowest BCUT2D eigenvalue weighted by Gasteiger charge is -2.09. The van der Waals surface area contributed by atoms with E-state index in [2.05, 4.69) is 15.6 Å². The molecule has 0 saturated heterocycles. The van der Waals surface area contributed by atoms with Crippen LogP contribution in [0, 0.1) is 0 Å². The summed E-state index contributed by atoms with van der Waals surface area (Å²) in [6.45, 7) is 2.80. The van der Waals surface area contributed by atoms with E-state index in [0.717, 1.165) is 10.8 Å². The van der Waals surface area contributed by atoms with Crippen molar-refractivity contribution in [2.75, 3.05) is 90.9 Å². The molecule has 0 saturated carbocycles. The van der Waals surface area contributed by atoms with Crippen LogP contribution in [0.2, 0.25) is 10.0 Å². The molecule has 0 unspecified atom stereocenters. The second-order valence-electron chi connectivity index (χ2n) is 8.29. The third-order valence-corrected chi connectivity index (χ3v) is 5.80. The van der Waals surface area contributed by atoms with Crippen LogP contribution < -0.4 is 10.6 Å². The summed E-state index contributed by atoms with van der Waals surface area (Å²) in [6, 6.07) is 6.78. The smallest absolute Gasteiger partial charge is 0.250 e. The van der Waals surface area contributed by atoms with Crippen LogP contribution in [-0.2, 0) is 38.0 Å². The van der Waals surface area contributed by atoms with Crippen LogP contribution in [0.5, 0.6) is 0 Å². The number of benzene rings is 2. The lowest BCUT2D eigenvalue weighted by Crippen LogP contribution is -2.20. The molecule has 0 bridgehead atoms. The zero-order valence-corrected chi connectivity index (χ0v) is 23.4. The summed E-state index contributed by atoms with van der Waals surface area (Å²) in [6.07, 6.45) is 0. The molecule has 0 aliphatic carbocycles. The molecule has 0 radical (unpaired) electrons. The van der Waals surface area contributed by atoms with Gasteiger partial charge in [-0.15, -0.1) is 0 Å². The van der Waals surface area contributed by atoms with Crippen molar-refractivity contribution in [1.82, 2.24) is 4.98 Å². The number of hydrogen-bond acceptors (Lipinski definition) is 8. The van der Waals surface area contributed by atoms with Crippen LogP contribution in [0.4, 0.5) is 11.4 Å². The lowest BCUT2D eigenvalue weighted by atomic mass is 10.1. The predicted molar refractivity (Wildman–Crippen MR) is 150 cm³/mol. The van der Waals surface area contributed by atoms with E-state index in [1.165, 1.54) is 0 Å². The van der Waals surface area contributed by atoms with E-state index in [0.29, 0.717) is 72.1 Å². The number of H-pyrrole nitrogens is 1. The van der Waals surface area contributed by atoms with Gasteiger partial charge in [-0.05, 0) is 24.3 Å². The lowest BCUT2D eigenvalue weighted by molar-refractivity contribution is -0.121. The third kappa shape index (κ3) is 9.89. The van der Waals surface area contributed by atoms with Gasteiger partial charge in [-0.3, -0.25) is 9.59 Å². The van der Waals surface area contributed by atoms with E-state index >= 15 is 0 Å². The standard InChI is InChI=1S/C26H33Cl2N3O8/c1-34-3-5-36-7-9-38-15-23(32)29-21-13-17(27)11-19-20-12-18(28)14-22(26(20)31-25(19)21)30-24(33)16-39-10-8-37-6-4-35-2/h11-14,31H,3-10,15-16H2,1-2H3,(H,29,32)(H,30,33). The largest absolute Gasteiger partial charge is 0.382 e. The number of halogens is 2. The molecule has 39 heavy (non-hydrogen) atoms. The molecule has 13 heteroatoms. The Kier molecular flexibility index (Phi) is 13.2. The Balaban J connectivity index is 1.66. The maximum Gasteiger partial charge on any atom is 0.250 e. The molecule has 3 rings (SSSR count). The minimum Gasteiger partial charge on any atom is -0.382 e. The maximum atomic E-state index is 12.5. The first kappa shape index (κ1) is 31.1. The van der Waals surface area contributed by atoms with Crippen molar-refractivity contribution >= 4 is 68.2 Å². The first-order valence-corrected chi connectivity index (χ1v) is 13.0. The van der Waals surface area contributed by atoms with E-state index in [9.17, 15) is 9.59 Å². The minimum atomic E-state index is -0.357. The molecule has 3 aromatic rings. The summed E-state index contributed by atoms with van der Waals surface area (Å²) < 4.78 is 31.2. The monoisotopic (exact) mass is 585 g/mol. The van der Waals surface area contributed by atoms with Crippen LogP contribution in [0.25, 0.3) is 21.8 Å². The quantitative estimate of drug-likeness (QED) is 0.192. The number of methoxy groups -OCH3 is 2. The minimum absolute atomic E-state index is 0.160. The molecular weight excluding hydrogens is 553 g/mol. The average molecular weight is 586 g/mol. The molecule has 0 aliphatic heterocycles. The molecule has 1 heterocycles. The van der Waals surface area contributed by atoms with Crippen LogP contribution >= 0.6 is 23.2 Å². The zero-order valence-electron chi connectivity index (χ0n) is 21.9. The van der Waals surface area contributed by atoms with Gasteiger partial charge in [-0.2, -0.15) is 0 Å². The molecule has 214 valence electrons. The van der Waals surface area contributed by atoms with Gasteiger partial charge in [0.2, 0.25) is 11.8 Å². The van der Waals surface area contributed by atoms with Gasteiger partial charge in [0.15, 0.2) is 0 Å². The van der Waals surface area contributed by atoms with Gasteiger partial charge < -0.3 is 44.0 Å². The highest BCUT2D eigenvalue weighted by Crippen LogP contribution is 2.38. The van der Waals surface area contributed by atoms with Gasteiger partial charge in [-0.1, -0.05) is 23.2 Å². The van der Waals surface area contributed by atoms with Gasteiger partial charge in [0.25, 0.3) is 0 Å². The fraction of sp³-hybridized carbons (Fsp3) is 0.462. The van der Waals surface area contributed by atoms with Crippen molar-refractivity contribution in [1.29, 1.82) is 0 Å². The second-order valence-corrected chi connectivity index (χ2v) is 9.16. The Morgan fingerprint density at radius 3 is 1.44 bits per heavy atom. The van der Waals surface area contributed by atoms with E-state index in [1.54, 1.807) is 38.5 Å². The van der Waals surface area contributed by atoms with Crippen LogP contribution in [0.15, 0.2) is 24.3 Å². The Hall–Kier alpha value is -2.48. The van der Waals surface area contributed by atoms with Gasteiger partial charge in [0, 0.05) is 35.0 Å². The van der Waals surface area contributed by atoms with Crippen molar-refractivity contribution in [2.45, 2.75) is 0 Å². The van der Waals surface area contributed by atoms with Crippen molar-refractivity contribution in [2.24, 2.45) is 0 Å². The fourth-order valence-electron chi connectivity index (χ4n) is 3.66. The molecule has 0 fully saturated rings. The van der Waals surface area contributed by atoms with E-state index < -0.39 is 0 Å². The molecule has 11 nitrogen and oxygen atoms in total. The zero-order chi connectivity index (χ0) is 28.0. The summed E-state index contributed by atoms with van der Waals surface area (Å²) in [5.41, 5.74) is 2.16. The normalized spacial score (nSPS) is 11.4. The van der Waals surface area contributed by atoms with Crippen molar-refractivity contribution < 1.29 is 38.0 Å². The Labute approximate surface area is 236 Å². The first-order valence-electron chi connectivity index (χ1n) is 12.3. The summed E-state index contributed by atoms with van der Waals surface area (Å²) in [4.78, 5) is 28.3. The fourth-order valence-corrected chi connectivity index (χ4v) is 4.09. The summed E-state index contributed by atoms with van der Waals surface area (Å²) in [5.74, 6) is -0.715. The Bertz CT molecular complexity index is 1140. The van der Waals surface area contributed by atoms with Crippen LogP contribution in [0.1, 0.15) is 0 Å². The molecule has 0 atom stereocenters. The van der Waals surface area contributed by atoms with E-state index in [1.807, 2.05) is 0 Å². The highest BCUT2D eigenvalue weighted by Gasteiger charge is 2.16. The molecule has 2 aromatic carbocycles. The number of aromatic amines is 1. The number of rotatable bonds is 18. The van der Waals surface area contributed by atoms with E-state index in [4.69, 9.17) is 51.6 Å². The number of fused-ring (bicyclic) bond motifs is 3. The molecule has 0 spiro atoms. The average Bonchev–Trinajstić information content (AvgIpc) is 3.26. The molecular formula is C26H33Cl2N3O8. The molecule has 2 amide bonds. The van der Waals surface area contributed by atoms with Crippen molar-refractivity contribution in [3.63, 3.8) is 0 Å². The molecule has 3 N–H and O–H groups in total. The predicted octanol–water partition coefficient (Wildman–Crippen LogP) is 3.86. The third-order valence-electron chi connectivity index (χ3n) is 5.37. The van der Waals surface area contributed by atoms with Gasteiger partial charge in [0.05, 0.1) is 75.3 Å². The van der Waals surface area contributed by atoms with Crippen molar-refractivity contribution in [3.05, 3.63) is 34.3 Å². The Morgan fingerprint density at radius 2 is 1.03 bits per heavy atom. The number of carbonyl (C=O) groups is 2. The van der Waals surface area contributed by atoms with Gasteiger partial charge >= 0.3 is 0 Å². The number of amides is 2. The second kappa shape index (κ2) is 16.6. The molecule has 1 aromatic heterocycles. The number of anilines is 2. The number of aromatic nitrogens is 1. The van der Waals surface area contributed by atoms with Crippen molar-refractivity contribution in [3.8, 4) is 0 Å². The summed E-state index contributed by atoms with van der Waals surface area (Å²) in [7, 11) is 3.19. The number of carbonyl (C=O) groups excluding carboxylic acids is 2. The highest BCUT2D eigenvalue weighted by atomic mass is 35.5. The van der Waals surface area contributed by atoms with Crippen LogP contribution in [-0.4, -0.2) is 97.1 Å². The molecule has 0 aliphatic rings. The first-order chi connectivity index (χ1) is 18.9. The highest BCUT2D eigenvalue weighted by molar-refractivity contribution is 6.34. The SMILES string of the molecule is COCCOCCOCC(=O)Nc1cc(Cl)cc2c1[nH]c1c(NC(=O)COCCOCCOC)cc(Cl)cc12. The van der Waals surface area contributed by atoms with Gasteiger partial charge in [0.1, 0.15) is 13.2 Å². The summed E-state index contributed by atoms with van der Waals surface area (Å²) in [5, 5.41) is 7.93. The number of ether oxygens (including phenoxy) is 6. The maximum absolute atomic E-state index is 12.5. The van der Waals surface area contributed by atoms with E-state index in [-0.39, 0.29) is 38.2 Å². The number of hydrogen-bond donors (Lipinski definition) is 3. The number of nitrogens with one attached hydrogen (secondary N) is 3.